The molecule has 0 heterocycles. The molecule has 0 saturated heterocycles. The van der Waals surface area contributed by atoms with Gasteiger partial charge in [-0.1, -0.05) is 23.7 Å². The fraction of sp³-hybridized carbons (Fsp3) is 0.455. The molecule has 14 heavy (non-hydrogen) atoms. The molecule has 0 bridgehead atoms. The molecule has 0 nitrogen and oxygen atoms in total. The van der Waals surface area contributed by atoms with Crippen molar-refractivity contribution in [1.82, 2.24) is 0 Å². The largest absolute Gasteiger partial charge is 0.205 e. The molecule has 76 valence electrons. The zero-order valence-corrected chi connectivity index (χ0v) is 9.21. The van der Waals surface area contributed by atoms with Gasteiger partial charge in [0.05, 0.1) is 5.02 Å². The van der Waals surface area contributed by atoms with Gasteiger partial charge < -0.3 is 0 Å². The SMILES string of the molecule is Fc1c(Cl)cccc1CC1(CCl)CC1. The molecule has 1 aliphatic rings. The van der Waals surface area contributed by atoms with E-state index in [-0.39, 0.29) is 16.3 Å². The highest BCUT2D eigenvalue weighted by Crippen LogP contribution is 2.49. The molecule has 1 aromatic carbocycles. The van der Waals surface area contributed by atoms with E-state index in [1.165, 1.54) is 0 Å². The van der Waals surface area contributed by atoms with Crippen molar-refractivity contribution in [3.8, 4) is 0 Å². The van der Waals surface area contributed by atoms with Crippen molar-refractivity contribution in [2.45, 2.75) is 19.3 Å². The zero-order chi connectivity index (χ0) is 10.2. The minimum Gasteiger partial charge on any atom is -0.205 e. The van der Waals surface area contributed by atoms with Gasteiger partial charge in [0.25, 0.3) is 0 Å². The standard InChI is InChI=1S/C11H11Cl2F/c12-7-11(4-5-11)6-8-2-1-3-9(13)10(8)14/h1-3H,4-7H2. The molecule has 0 spiro atoms. The molecule has 0 aromatic heterocycles. The summed E-state index contributed by atoms with van der Waals surface area (Å²) in [6.45, 7) is 0. The van der Waals surface area contributed by atoms with Crippen molar-refractivity contribution < 1.29 is 4.39 Å². The molecule has 1 aliphatic carbocycles. The molecule has 0 N–H and O–H groups in total. The molecule has 0 amide bonds. The summed E-state index contributed by atoms with van der Waals surface area (Å²) in [7, 11) is 0. The lowest BCUT2D eigenvalue weighted by Gasteiger charge is -2.11. The van der Waals surface area contributed by atoms with Crippen molar-refractivity contribution in [2.75, 3.05) is 5.88 Å². The van der Waals surface area contributed by atoms with Crippen LogP contribution in [0.2, 0.25) is 5.02 Å². The molecule has 1 aromatic rings. The van der Waals surface area contributed by atoms with Crippen molar-refractivity contribution in [3.63, 3.8) is 0 Å². The number of hydrogen-bond donors (Lipinski definition) is 0. The summed E-state index contributed by atoms with van der Waals surface area (Å²) in [6, 6.07) is 5.14. The summed E-state index contributed by atoms with van der Waals surface area (Å²) in [5.74, 6) is 0.324. The minimum atomic E-state index is -0.287. The fourth-order valence-corrected chi connectivity index (χ4v) is 2.18. The maximum atomic E-state index is 13.5. The smallest absolute Gasteiger partial charge is 0.144 e. The van der Waals surface area contributed by atoms with Crippen molar-refractivity contribution in [3.05, 3.63) is 34.6 Å². The van der Waals surface area contributed by atoms with E-state index in [1.807, 2.05) is 0 Å². The highest BCUT2D eigenvalue weighted by molar-refractivity contribution is 6.30. The quantitative estimate of drug-likeness (QED) is 0.691. The minimum absolute atomic E-state index is 0.146. The van der Waals surface area contributed by atoms with Crippen LogP contribution in [0.3, 0.4) is 0 Å². The van der Waals surface area contributed by atoms with Gasteiger partial charge in [-0.05, 0) is 36.3 Å². The van der Waals surface area contributed by atoms with Gasteiger partial charge in [-0.2, -0.15) is 0 Å². The van der Waals surface area contributed by atoms with Crippen molar-refractivity contribution in [2.24, 2.45) is 5.41 Å². The third-order valence-corrected chi connectivity index (χ3v) is 3.70. The van der Waals surface area contributed by atoms with Crippen LogP contribution in [-0.4, -0.2) is 5.88 Å². The Kier molecular flexibility index (Phi) is 2.72. The van der Waals surface area contributed by atoms with Crippen LogP contribution in [0, 0.1) is 11.2 Å². The fourth-order valence-electron chi connectivity index (χ4n) is 1.62. The Hall–Kier alpha value is -0.270. The number of halogens is 3. The number of benzene rings is 1. The number of alkyl halides is 1. The van der Waals surface area contributed by atoms with Crippen molar-refractivity contribution >= 4 is 23.2 Å². The van der Waals surface area contributed by atoms with Gasteiger partial charge in [0, 0.05) is 5.88 Å². The van der Waals surface area contributed by atoms with Gasteiger partial charge in [-0.25, -0.2) is 4.39 Å². The summed E-state index contributed by atoms with van der Waals surface area (Å²) in [4.78, 5) is 0. The summed E-state index contributed by atoms with van der Waals surface area (Å²) < 4.78 is 13.5. The Morgan fingerprint density at radius 2 is 2.07 bits per heavy atom. The summed E-state index contributed by atoms with van der Waals surface area (Å²) >= 11 is 11.5. The van der Waals surface area contributed by atoms with E-state index in [1.54, 1.807) is 18.2 Å². The monoisotopic (exact) mass is 232 g/mol. The molecule has 1 fully saturated rings. The first-order valence-corrected chi connectivity index (χ1v) is 5.57. The Bertz CT molecular complexity index is 345. The molecule has 0 unspecified atom stereocenters. The molecule has 0 aliphatic heterocycles. The van der Waals surface area contributed by atoms with Crippen LogP contribution in [0.5, 0.6) is 0 Å². The van der Waals surface area contributed by atoms with Crippen LogP contribution < -0.4 is 0 Å². The van der Waals surface area contributed by atoms with E-state index in [9.17, 15) is 4.39 Å². The lowest BCUT2D eigenvalue weighted by atomic mass is 9.98. The van der Waals surface area contributed by atoms with Crippen LogP contribution in [0.15, 0.2) is 18.2 Å². The van der Waals surface area contributed by atoms with Gasteiger partial charge in [0.15, 0.2) is 0 Å². The highest BCUT2D eigenvalue weighted by Gasteiger charge is 2.42. The van der Waals surface area contributed by atoms with E-state index in [2.05, 4.69) is 0 Å². The average molecular weight is 233 g/mol. The Morgan fingerprint density at radius 3 is 2.64 bits per heavy atom. The Labute approximate surface area is 93.0 Å². The lowest BCUT2D eigenvalue weighted by Crippen LogP contribution is -2.08. The van der Waals surface area contributed by atoms with E-state index in [0.29, 0.717) is 17.9 Å². The van der Waals surface area contributed by atoms with Crippen LogP contribution >= 0.6 is 23.2 Å². The normalized spacial score (nSPS) is 18.2. The third-order valence-electron chi connectivity index (χ3n) is 2.84. The number of hydrogen-bond acceptors (Lipinski definition) is 0. The second kappa shape index (κ2) is 3.71. The van der Waals surface area contributed by atoms with Crippen LogP contribution in [0.25, 0.3) is 0 Å². The summed E-state index contributed by atoms with van der Waals surface area (Å²) in [5, 5.41) is 0.202. The molecule has 1 saturated carbocycles. The van der Waals surface area contributed by atoms with Gasteiger partial charge in [0.2, 0.25) is 0 Å². The molecular formula is C11H11Cl2F. The first-order valence-electron chi connectivity index (χ1n) is 4.66. The van der Waals surface area contributed by atoms with Gasteiger partial charge in [0.1, 0.15) is 5.82 Å². The molecule has 2 rings (SSSR count). The first-order chi connectivity index (χ1) is 6.67. The van der Waals surface area contributed by atoms with E-state index in [0.717, 1.165) is 12.8 Å². The second-order valence-electron chi connectivity index (χ2n) is 4.02. The number of rotatable bonds is 3. The Morgan fingerprint density at radius 1 is 1.36 bits per heavy atom. The van der Waals surface area contributed by atoms with E-state index in [4.69, 9.17) is 23.2 Å². The maximum absolute atomic E-state index is 13.5. The van der Waals surface area contributed by atoms with Crippen molar-refractivity contribution in [1.29, 1.82) is 0 Å². The molecule has 0 radical (unpaired) electrons. The van der Waals surface area contributed by atoms with Crippen LogP contribution in [-0.2, 0) is 6.42 Å². The predicted octanol–water partition coefficient (Wildman–Crippen LogP) is 4.04. The summed E-state index contributed by atoms with van der Waals surface area (Å²) in [6.07, 6.45) is 2.91. The molecule has 3 heteroatoms. The van der Waals surface area contributed by atoms with E-state index >= 15 is 0 Å². The maximum Gasteiger partial charge on any atom is 0.144 e. The average Bonchev–Trinajstić information content (AvgIpc) is 2.94. The topological polar surface area (TPSA) is 0 Å². The van der Waals surface area contributed by atoms with E-state index < -0.39 is 0 Å². The van der Waals surface area contributed by atoms with Crippen LogP contribution in [0.4, 0.5) is 4.39 Å². The van der Waals surface area contributed by atoms with Crippen LogP contribution in [0.1, 0.15) is 18.4 Å². The molecular weight excluding hydrogens is 222 g/mol. The second-order valence-corrected chi connectivity index (χ2v) is 4.70. The summed E-state index contributed by atoms with van der Waals surface area (Å²) in [5.41, 5.74) is 0.836. The van der Waals surface area contributed by atoms with Gasteiger partial charge in [-0.3, -0.25) is 0 Å². The highest BCUT2D eigenvalue weighted by atomic mass is 35.5. The lowest BCUT2D eigenvalue weighted by molar-refractivity contribution is 0.539. The molecule has 0 atom stereocenters. The zero-order valence-electron chi connectivity index (χ0n) is 7.69. The first kappa shape index (κ1) is 10.3. The van der Waals surface area contributed by atoms with Gasteiger partial charge >= 0.3 is 0 Å². The Balaban J connectivity index is 2.21. The van der Waals surface area contributed by atoms with Gasteiger partial charge in [-0.15, -0.1) is 11.6 Å². The third kappa shape index (κ3) is 1.89. The predicted molar refractivity (Wildman–Crippen MR) is 57.5 cm³/mol.